The van der Waals surface area contributed by atoms with Crippen molar-refractivity contribution in [3.05, 3.63) is 58.7 Å². The Hall–Kier alpha value is -6.58. The average Bonchev–Trinajstić information content (AvgIpc) is 3.62. The van der Waals surface area contributed by atoms with Gasteiger partial charge < -0.3 is 34.3 Å². The van der Waals surface area contributed by atoms with Crippen molar-refractivity contribution in [3.8, 4) is 11.5 Å². The molecule has 59 heavy (non-hydrogen) atoms. The van der Waals surface area contributed by atoms with Gasteiger partial charge in [0.2, 0.25) is 23.6 Å². The molecule has 2 fully saturated rings. The lowest BCUT2D eigenvalue weighted by Gasteiger charge is -2.27. The summed E-state index contributed by atoms with van der Waals surface area (Å²) in [7, 11) is 0. The van der Waals surface area contributed by atoms with Gasteiger partial charge in [0.1, 0.15) is 23.6 Å². The molecule has 2 unspecified atom stereocenters. The molecule has 10 amide bonds. The minimum atomic E-state index is -1.13. The van der Waals surface area contributed by atoms with E-state index in [1.807, 2.05) is 0 Å². The number of amides is 10. The SMILES string of the molecule is O=C(COc1cccc2c1C(=O)N(C1CCC(=O)NC1=O)C2=O)NCCOCCOCCOCCNC(=O)COc1cccc2c1C(=O)N(C1CCC(=O)NC1=O)C2=O. The van der Waals surface area contributed by atoms with E-state index >= 15 is 0 Å². The third kappa shape index (κ3) is 9.76. The van der Waals surface area contributed by atoms with Crippen LogP contribution in [-0.4, -0.2) is 147 Å². The summed E-state index contributed by atoms with van der Waals surface area (Å²) in [6, 6.07) is 6.44. The highest BCUT2D eigenvalue weighted by Crippen LogP contribution is 2.35. The van der Waals surface area contributed by atoms with Crippen molar-refractivity contribution in [2.24, 2.45) is 0 Å². The lowest BCUT2D eigenvalue weighted by molar-refractivity contribution is -0.137. The first-order valence-electron chi connectivity index (χ1n) is 18.7. The van der Waals surface area contributed by atoms with Crippen LogP contribution in [0.15, 0.2) is 36.4 Å². The lowest BCUT2D eigenvalue weighted by atomic mass is 10.0. The zero-order valence-corrected chi connectivity index (χ0v) is 31.5. The van der Waals surface area contributed by atoms with Crippen molar-refractivity contribution in [3.63, 3.8) is 0 Å². The molecule has 2 aromatic carbocycles. The first-order chi connectivity index (χ1) is 28.5. The van der Waals surface area contributed by atoms with Crippen LogP contribution in [0.5, 0.6) is 11.5 Å². The first kappa shape index (κ1) is 42.0. The molecule has 2 aromatic rings. The molecule has 0 aromatic heterocycles. The summed E-state index contributed by atoms with van der Waals surface area (Å²) in [6.45, 7) is 0.719. The van der Waals surface area contributed by atoms with E-state index in [9.17, 15) is 47.9 Å². The number of carbonyl (C=O) groups excluding carboxylic acids is 10. The van der Waals surface area contributed by atoms with Crippen LogP contribution in [0.4, 0.5) is 0 Å². The second-order valence-electron chi connectivity index (χ2n) is 13.4. The summed E-state index contributed by atoms with van der Waals surface area (Å²) in [5.74, 6) is -6.29. The Morgan fingerprint density at radius 2 is 0.949 bits per heavy atom. The van der Waals surface area contributed by atoms with E-state index in [0.29, 0.717) is 0 Å². The fourth-order valence-electron chi connectivity index (χ4n) is 6.66. The molecule has 0 bridgehead atoms. The number of fused-ring (bicyclic) bond motifs is 2. The maximum atomic E-state index is 13.1. The number of benzene rings is 2. The molecule has 312 valence electrons. The van der Waals surface area contributed by atoms with Gasteiger partial charge in [0.25, 0.3) is 35.4 Å². The standard InChI is InChI=1S/C38H40N6O15/c45-27-9-7-23(33(49)41-27)43-35(51)21-3-1-5-25(31(21)37(43)53)58-19-29(47)39-11-13-55-15-17-57-18-16-56-14-12-40-30(48)20-59-26-6-2-4-22-32(26)38(54)44(36(22)52)24-8-10-28(46)42-34(24)50/h1-6,23-24H,7-20H2,(H,39,47)(H,40,48)(H,41,45,49)(H,42,46,50). The minimum absolute atomic E-state index is 0.00745. The highest BCUT2D eigenvalue weighted by Gasteiger charge is 2.47. The van der Waals surface area contributed by atoms with E-state index in [0.717, 1.165) is 9.80 Å². The van der Waals surface area contributed by atoms with E-state index in [2.05, 4.69) is 21.3 Å². The molecule has 4 heterocycles. The second-order valence-corrected chi connectivity index (χ2v) is 13.4. The minimum Gasteiger partial charge on any atom is -0.483 e. The van der Waals surface area contributed by atoms with Crippen LogP contribution in [0.1, 0.15) is 67.1 Å². The monoisotopic (exact) mass is 820 g/mol. The molecular formula is C38H40N6O15. The number of hydrogen-bond acceptors (Lipinski definition) is 15. The van der Waals surface area contributed by atoms with Gasteiger partial charge in [0.05, 0.1) is 61.9 Å². The number of imide groups is 4. The van der Waals surface area contributed by atoms with Crippen molar-refractivity contribution < 1.29 is 71.6 Å². The largest absolute Gasteiger partial charge is 0.483 e. The number of nitrogens with zero attached hydrogens (tertiary/aromatic N) is 2. The van der Waals surface area contributed by atoms with Crippen molar-refractivity contribution in [1.82, 2.24) is 31.1 Å². The van der Waals surface area contributed by atoms with Gasteiger partial charge >= 0.3 is 0 Å². The van der Waals surface area contributed by atoms with E-state index < -0.39 is 84.4 Å². The van der Waals surface area contributed by atoms with Gasteiger partial charge in [-0.3, -0.25) is 68.4 Å². The van der Waals surface area contributed by atoms with Crippen molar-refractivity contribution in [1.29, 1.82) is 0 Å². The predicted octanol–water partition coefficient (Wildman–Crippen LogP) is -1.77. The first-order valence-corrected chi connectivity index (χ1v) is 18.7. The maximum absolute atomic E-state index is 13.1. The van der Waals surface area contributed by atoms with E-state index in [-0.39, 0.29) is 112 Å². The number of nitrogens with one attached hydrogen (secondary N) is 4. The van der Waals surface area contributed by atoms with Gasteiger partial charge in [-0.15, -0.1) is 0 Å². The molecule has 4 aliphatic heterocycles. The second kappa shape index (κ2) is 19.2. The van der Waals surface area contributed by atoms with Gasteiger partial charge in [-0.25, -0.2) is 0 Å². The highest BCUT2D eigenvalue weighted by atomic mass is 16.5. The topological polar surface area (TPSA) is 271 Å². The van der Waals surface area contributed by atoms with Crippen LogP contribution >= 0.6 is 0 Å². The number of piperidine rings is 2. The Bertz CT molecular complexity index is 1930. The Morgan fingerprint density at radius 1 is 0.559 bits per heavy atom. The average molecular weight is 821 g/mol. The van der Waals surface area contributed by atoms with Crippen LogP contribution in [0.2, 0.25) is 0 Å². The number of hydrogen-bond donors (Lipinski definition) is 4. The molecule has 21 heteroatoms. The Kier molecular flexibility index (Phi) is 13.7. The normalized spacial score (nSPS) is 18.7. The molecule has 4 aliphatic rings. The van der Waals surface area contributed by atoms with Crippen LogP contribution in [0, 0.1) is 0 Å². The zero-order chi connectivity index (χ0) is 42.1. The van der Waals surface area contributed by atoms with E-state index in [1.54, 1.807) is 0 Å². The van der Waals surface area contributed by atoms with Gasteiger partial charge in [-0.1, -0.05) is 12.1 Å². The Balaban J connectivity index is 0.779. The Morgan fingerprint density at radius 3 is 1.34 bits per heavy atom. The fourth-order valence-corrected chi connectivity index (χ4v) is 6.66. The smallest absolute Gasteiger partial charge is 0.266 e. The van der Waals surface area contributed by atoms with Gasteiger partial charge in [-0.05, 0) is 37.1 Å². The molecule has 0 saturated carbocycles. The number of rotatable bonds is 20. The molecule has 4 N–H and O–H groups in total. The van der Waals surface area contributed by atoms with Crippen molar-refractivity contribution in [2.45, 2.75) is 37.8 Å². The predicted molar refractivity (Wildman–Crippen MR) is 196 cm³/mol. The molecule has 0 spiro atoms. The summed E-state index contributed by atoms with van der Waals surface area (Å²) in [5.41, 5.74) is -0.0565. The third-order valence-corrected chi connectivity index (χ3v) is 9.46. The molecule has 21 nitrogen and oxygen atoms in total. The number of ether oxygens (including phenoxy) is 5. The van der Waals surface area contributed by atoms with Crippen molar-refractivity contribution in [2.75, 3.05) is 65.9 Å². The summed E-state index contributed by atoms with van der Waals surface area (Å²) in [4.78, 5) is 126. The van der Waals surface area contributed by atoms with E-state index in [1.165, 1.54) is 36.4 Å². The van der Waals surface area contributed by atoms with Crippen LogP contribution in [0.3, 0.4) is 0 Å². The van der Waals surface area contributed by atoms with Crippen LogP contribution in [-0.2, 0) is 43.0 Å². The fraction of sp³-hybridized carbons (Fsp3) is 0.421. The zero-order valence-electron chi connectivity index (χ0n) is 31.5. The molecule has 0 aliphatic carbocycles. The van der Waals surface area contributed by atoms with Crippen LogP contribution < -0.4 is 30.7 Å². The highest BCUT2D eigenvalue weighted by molar-refractivity contribution is 6.25. The van der Waals surface area contributed by atoms with Gasteiger partial charge in [-0.2, -0.15) is 0 Å². The molecule has 6 rings (SSSR count). The molecular weight excluding hydrogens is 780 g/mol. The summed E-state index contributed by atoms with van der Waals surface area (Å²) < 4.78 is 27.4. The number of carbonyl (C=O) groups is 10. The maximum Gasteiger partial charge on any atom is 0.266 e. The Labute approximate surface area is 335 Å². The summed E-state index contributed by atoms with van der Waals surface area (Å²) in [6.07, 6.45) is -0.00525. The van der Waals surface area contributed by atoms with Crippen molar-refractivity contribution >= 4 is 59.1 Å². The van der Waals surface area contributed by atoms with Gasteiger partial charge in [0.15, 0.2) is 13.2 Å². The molecule has 2 atom stereocenters. The third-order valence-electron chi connectivity index (χ3n) is 9.46. The lowest BCUT2D eigenvalue weighted by Crippen LogP contribution is -2.54. The van der Waals surface area contributed by atoms with Gasteiger partial charge in [0, 0.05) is 25.9 Å². The van der Waals surface area contributed by atoms with E-state index in [4.69, 9.17) is 23.7 Å². The summed E-state index contributed by atoms with van der Waals surface area (Å²) in [5, 5.41) is 9.49. The quantitative estimate of drug-likeness (QED) is 0.0850. The molecule has 2 saturated heterocycles. The summed E-state index contributed by atoms with van der Waals surface area (Å²) >= 11 is 0. The van der Waals surface area contributed by atoms with Crippen LogP contribution in [0.25, 0.3) is 0 Å². The molecule has 0 radical (unpaired) electrons.